The predicted molar refractivity (Wildman–Crippen MR) is 148 cm³/mol. The maximum Gasteiger partial charge on any atom is 0.250 e. The molecule has 0 aliphatic rings. The van der Waals surface area contributed by atoms with Gasteiger partial charge >= 0.3 is 0 Å². The van der Waals surface area contributed by atoms with Gasteiger partial charge in [-0.1, -0.05) is 49.2 Å². The molecule has 0 radical (unpaired) electrons. The highest BCUT2D eigenvalue weighted by Crippen LogP contribution is 2.28. The molecule has 0 saturated carbocycles. The molecule has 1 atom stereocenters. The van der Waals surface area contributed by atoms with Crippen molar-refractivity contribution in [1.82, 2.24) is 10.3 Å². The highest BCUT2D eigenvalue weighted by molar-refractivity contribution is 7.80. The van der Waals surface area contributed by atoms with Crippen molar-refractivity contribution in [2.24, 2.45) is 0 Å². The first-order valence-corrected chi connectivity index (χ1v) is 12.2. The average molecular weight is 524 g/mol. The third-order valence-corrected chi connectivity index (χ3v) is 6.36. The highest BCUT2D eigenvalue weighted by atomic mass is 35.5. The molecular formula is C27H23Cl2N3O2S. The number of thiocarbonyl (C=S) groups is 1. The van der Waals surface area contributed by atoms with Crippen LogP contribution in [0.15, 0.2) is 71.2 Å². The Bertz CT molecular complexity index is 1410. The van der Waals surface area contributed by atoms with E-state index in [4.69, 9.17) is 39.8 Å². The predicted octanol–water partition coefficient (Wildman–Crippen LogP) is 7.84. The van der Waals surface area contributed by atoms with Gasteiger partial charge in [-0.2, -0.15) is 0 Å². The van der Waals surface area contributed by atoms with Crippen molar-refractivity contribution in [2.75, 3.05) is 5.32 Å². The molecule has 1 heterocycles. The van der Waals surface area contributed by atoms with E-state index in [0.717, 1.165) is 28.8 Å². The molecule has 0 saturated heterocycles. The standard InChI is InChI=1S/C27H23Cl2N3O2S/c1-3-16(2)19-7-12-24-23(14-19)31-26(34-24)18-5-10-21(11-6-18)30-27(35)32-25(33)13-8-17-4-9-20(28)15-22(17)29/h4-16H,3H2,1-2H3,(H2,30,32,33,35)/b13-8+. The van der Waals surface area contributed by atoms with E-state index in [2.05, 4.69) is 41.6 Å². The molecule has 2 N–H and O–H groups in total. The average Bonchev–Trinajstić information content (AvgIpc) is 3.27. The minimum atomic E-state index is -0.381. The highest BCUT2D eigenvalue weighted by Gasteiger charge is 2.11. The van der Waals surface area contributed by atoms with E-state index >= 15 is 0 Å². The van der Waals surface area contributed by atoms with Crippen molar-refractivity contribution in [3.63, 3.8) is 0 Å². The van der Waals surface area contributed by atoms with Gasteiger partial charge in [-0.3, -0.25) is 10.1 Å². The Kier molecular flexibility index (Phi) is 7.86. The minimum Gasteiger partial charge on any atom is -0.436 e. The van der Waals surface area contributed by atoms with Crippen molar-refractivity contribution < 1.29 is 9.21 Å². The summed E-state index contributed by atoms with van der Waals surface area (Å²) in [4.78, 5) is 16.8. The number of nitrogens with one attached hydrogen (secondary N) is 2. The van der Waals surface area contributed by atoms with Gasteiger partial charge in [0.25, 0.3) is 0 Å². The molecular weight excluding hydrogens is 501 g/mol. The molecule has 8 heteroatoms. The van der Waals surface area contributed by atoms with Crippen molar-refractivity contribution in [1.29, 1.82) is 0 Å². The quantitative estimate of drug-likeness (QED) is 0.199. The maximum atomic E-state index is 12.2. The Hall–Kier alpha value is -3.19. The lowest BCUT2D eigenvalue weighted by Crippen LogP contribution is -2.32. The smallest absolute Gasteiger partial charge is 0.250 e. The SMILES string of the molecule is CCC(C)c1ccc2oc(-c3ccc(NC(=S)NC(=O)/C=C/c4ccc(Cl)cc4Cl)cc3)nc2c1. The fourth-order valence-corrected chi connectivity index (χ4v) is 4.11. The van der Waals surface area contributed by atoms with Gasteiger partial charge in [0, 0.05) is 27.4 Å². The monoisotopic (exact) mass is 523 g/mol. The fraction of sp³-hybridized carbons (Fsp3) is 0.148. The van der Waals surface area contributed by atoms with E-state index < -0.39 is 0 Å². The van der Waals surface area contributed by atoms with Crippen LogP contribution in [0, 0.1) is 0 Å². The number of aromatic nitrogens is 1. The number of amides is 1. The minimum absolute atomic E-state index is 0.175. The lowest BCUT2D eigenvalue weighted by Gasteiger charge is -2.08. The zero-order valence-corrected chi connectivity index (χ0v) is 21.5. The summed E-state index contributed by atoms with van der Waals surface area (Å²) in [5, 5.41) is 6.76. The Morgan fingerprint density at radius 3 is 2.60 bits per heavy atom. The fourth-order valence-electron chi connectivity index (χ4n) is 3.42. The van der Waals surface area contributed by atoms with Crippen LogP contribution >= 0.6 is 35.4 Å². The third-order valence-electron chi connectivity index (χ3n) is 5.60. The molecule has 0 aliphatic heterocycles. The number of halogens is 2. The van der Waals surface area contributed by atoms with Gasteiger partial charge in [0.15, 0.2) is 10.7 Å². The molecule has 1 aromatic heterocycles. The normalized spacial score (nSPS) is 12.1. The van der Waals surface area contributed by atoms with Crippen LogP contribution in [0.2, 0.25) is 10.0 Å². The van der Waals surface area contributed by atoms with Crippen molar-refractivity contribution >= 4 is 69.3 Å². The van der Waals surface area contributed by atoms with E-state index in [1.165, 1.54) is 11.6 Å². The van der Waals surface area contributed by atoms with Crippen molar-refractivity contribution in [3.05, 3.63) is 87.9 Å². The summed E-state index contributed by atoms with van der Waals surface area (Å²) in [5.74, 6) is 0.642. The summed E-state index contributed by atoms with van der Waals surface area (Å²) in [6.07, 6.45) is 4.02. The lowest BCUT2D eigenvalue weighted by molar-refractivity contribution is -0.115. The van der Waals surface area contributed by atoms with Gasteiger partial charge in [-0.15, -0.1) is 0 Å². The second-order valence-electron chi connectivity index (χ2n) is 8.08. The number of nitrogens with zero attached hydrogens (tertiary/aromatic N) is 1. The Morgan fingerprint density at radius 2 is 1.89 bits per heavy atom. The zero-order chi connectivity index (χ0) is 24.9. The third kappa shape index (κ3) is 6.28. The second-order valence-corrected chi connectivity index (χ2v) is 9.33. The molecule has 1 unspecified atom stereocenters. The number of hydrogen-bond donors (Lipinski definition) is 2. The molecule has 35 heavy (non-hydrogen) atoms. The number of benzene rings is 3. The van der Waals surface area contributed by atoms with Crippen LogP contribution in [0.25, 0.3) is 28.6 Å². The molecule has 5 nitrogen and oxygen atoms in total. The van der Waals surface area contributed by atoms with E-state index in [9.17, 15) is 4.79 Å². The molecule has 4 aromatic rings. The van der Waals surface area contributed by atoms with Gasteiger partial charge in [0.2, 0.25) is 11.8 Å². The Labute approximate surface area is 219 Å². The van der Waals surface area contributed by atoms with Crippen LogP contribution in [0.1, 0.15) is 37.3 Å². The first-order chi connectivity index (χ1) is 16.8. The summed E-state index contributed by atoms with van der Waals surface area (Å²) in [7, 11) is 0. The van der Waals surface area contributed by atoms with E-state index in [1.807, 2.05) is 30.3 Å². The summed E-state index contributed by atoms with van der Waals surface area (Å²) in [6, 6.07) is 18.6. The summed E-state index contributed by atoms with van der Waals surface area (Å²) in [6.45, 7) is 4.37. The molecule has 178 valence electrons. The van der Waals surface area contributed by atoms with Crippen LogP contribution in [0.5, 0.6) is 0 Å². The van der Waals surface area contributed by atoms with Gasteiger partial charge in [0.1, 0.15) is 5.52 Å². The summed E-state index contributed by atoms with van der Waals surface area (Å²) in [5.41, 5.74) is 5.09. The lowest BCUT2D eigenvalue weighted by atomic mass is 9.98. The van der Waals surface area contributed by atoms with E-state index in [1.54, 1.807) is 24.3 Å². The summed E-state index contributed by atoms with van der Waals surface area (Å²) < 4.78 is 5.94. The molecule has 0 bridgehead atoms. The van der Waals surface area contributed by atoms with Gasteiger partial charge in [0.05, 0.1) is 0 Å². The number of hydrogen-bond acceptors (Lipinski definition) is 4. The number of fused-ring (bicyclic) bond motifs is 1. The van der Waals surface area contributed by atoms with Crippen molar-refractivity contribution in [2.45, 2.75) is 26.2 Å². The van der Waals surface area contributed by atoms with Crippen LogP contribution in [0.4, 0.5) is 5.69 Å². The number of carbonyl (C=O) groups excluding carboxylic acids is 1. The maximum absolute atomic E-state index is 12.2. The zero-order valence-electron chi connectivity index (χ0n) is 19.1. The van der Waals surface area contributed by atoms with E-state index in [-0.39, 0.29) is 11.0 Å². The molecule has 0 spiro atoms. The van der Waals surface area contributed by atoms with Crippen LogP contribution in [0.3, 0.4) is 0 Å². The van der Waals surface area contributed by atoms with Crippen LogP contribution in [-0.4, -0.2) is 16.0 Å². The van der Waals surface area contributed by atoms with Crippen LogP contribution in [-0.2, 0) is 4.79 Å². The van der Waals surface area contributed by atoms with Gasteiger partial charge < -0.3 is 9.73 Å². The molecule has 0 aliphatic carbocycles. The van der Waals surface area contributed by atoms with Crippen LogP contribution < -0.4 is 10.6 Å². The topological polar surface area (TPSA) is 67.2 Å². The van der Waals surface area contributed by atoms with Crippen molar-refractivity contribution in [3.8, 4) is 11.5 Å². The summed E-state index contributed by atoms with van der Waals surface area (Å²) >= 11 is 17.2. The molecule has 1 amide bonds. The van der Waals surface area contributed by atoms with E-state index in [0.29, 0.717) is 27.4 Å². The second kappa shape index (κ2) is 11.0. The first-order valence-electron chi connectivity index (χ1n) is 11.1. The van der Waals surface area contributed by atoms with Gasteiger partial charge in [-0.25, -0.2) is 4.98 Å². The number of rotatable bonds is 6. The Balaban J connectivity index is 1.37. The number of carbonyl (C=O) groups is 1. The first kappa shape index (κ1) is 24.9. The molecule has 3 aromatic carbocycles. The Morgan fingerprint density at radius 1 is 1.11 bits per heavy atom. The number of anilines is 1. The van der Waals surface area contributed by atoms with Gasteiger partial charge in [-0.05, 0) is 90.3 Å². The number of oxazole rings is 1. The molecule has 4 rings (SSSR count). The largest absolute Gasteiger partial charge is 0.436 e. The molecule has 0 fully saturated rings.